The standard InChI is InChI=1S/C23H19F5N10/c1-2-13(17(38-32)9-33-16-5-12(24)3-4-15(16)25)19-14(6-29)18(20(37-19)21(31)36-10-30)11-7-34-22(35-8-11)23(26,27)28/h3-5,7-10,13,37H,2,32H2,1H3,(H3,30,31,36). The van der Waals surface area contributed by atoms with E-state index in [0.29, 0.717) is 6.34 Å². The Morgan fingerprint density at radius 1 is 1.26 bits per heavy atom. The van der Waals surface area contributed by atoms with Crippen molar-refractivity contribution < 1.29 is 22.0 Å². The Kier molecular flexibility index (Phi) is 8.26. The Morgan fingerprint density at radius 3 is 2.50 bits per heavy atom. The topological polar surface area (TPSA) is 178 Å². The van der Waals surface area contributed by atoms with E-state index in [1.54, 1.807) is 6.92 Å². The zero-order valence-electron chi connectivity index (χ0n) is 19.6. The van der Waals surface area contributed by atoms with Crippen molar-refractivity contribution in [3.63, 3.8) is 0 Å². The van der Waals surface area contributed by atoms with Gasteiger partial charge in [-0.15, -0.1) is 0 Å². The van der Waals surface area contributed by atoms with Gasteiger partial charge in [-0.25, -0.2) is 23.7 Å². The first kappa shape index (κ1) is 27.6. The highest BCUT2D eigenvalue weighted by Crippen LogP contribution is 2.35. The third-order valence-electron chi connectivity index (χ3n) is 5.30. The van der Waals surface area contributed by atoms with E-state index < -0.39 is 29.6 Å². The smallest absolute Gasteiger partial charge is 0.382 e. The highest BCUT2D eigenvalue weighted by atomic mass is 19.4. The summed E-state index contributed by atoms with van der Waals surface area (Å²) in [4.78, 5) is 17.2. The number of hydrogen-bond acceptors (Lipinski definition) is 7. The van der Waals surface area contributed by atoms with Crippen molar-refractivity contribution in [2.75, 3.05) is 0 Å². The van der Waals surface area contributed by atoms with Gasteiger partial charge in [0, 0.05) is 41.2 Å². The minimum absolute atomic E-state index is 0.00587. The average Bonchev–Trinajstić information content (AvgIpc) is 3.27. The first-order chi connectivity index (χ1) is 18.0. The average molecular weight is 530 g/mol. The fourth-order valence-corrected chi connectivity index (χ4v) is 3.61. The van der Waals surface area contributed by atoms with Crippen LogP contribution < -0.4 is 11.6 Å². The molecule has 6 N–H and O–H groups in total. The summed E-state index contributed by atoms with van der Waals surface area (Å²) in [6, 6.07) is 4.67. The number of alkyl halides is 3. The summed E-state index contributed by atoms with van der Waals surface area (Å²) in [6.45, 7) is 1.71. The molecule has 196 valence electrons. The highest BCUT2D eigenvalue weighted by molar-refractivity contribution is 6.33. The minimum Gasteiger partial charge on any atom is -0.382 e. The highest BCUT2D eigenvalue weighted by Gasteiger charge is 2.35. The van der Waals surface area contributed by atoms with Crippen molar-refractivity contribution in [3.05, 3.63) is 65.0 Å². The predicted molar refractivity (Wildman–Crippen MR) is 130 cm³/mol. The number of nitriles is 1. The molecule has 3 aromatic rings. The number of nitrogens with two attached hydrogens (primary N) is 2. The first-order valence-corrected chi connectivity index (χ1v) is 10.7. The summed E-state index contributed by atoms with van der Waals surface area (Å²) in [6.07, 6.45) is -1.05. The SMILES string of the molecule is CCC(C(C=Nc1cc(F)ccc1F)=NN)c1[nH]c(C(N)=NC=N)c(-c2cnc(C(F)(F)F)nc2)c1C#N. The third kappa shape index (κ3) is 5.69. The summed E-state index contributed by atoms with van der Waals surface area (Å²) in [7, 11) is 0. The maximum Gasteiger partial charge on any atom is 0.451 e. The summed E-state index contributed by atoms with van der Waals surface area (Å²) in [5.41, 5.74) is 5.86. The number of nitrogens with one attached hydrogen (secondary N) is 2. The molecule has 0 fully saturated rings. The van der Waals surface area contributed by atoms with Gasteiger partial charge in [-0.1, -0.05) is 6.92 Å². The quantitative estimate of drug-likeness (QED) is 0.112. The first-order valence-electron chi connectivity index (χ1n) is 10.7. The van der Waals surface area contributed by atoms with E-state index in [9.17, 15) is 27.2 Å². The van der Waals surface area contributed by atoms with Gasteiger partial charge in [-0.3, -0.25) is 10.4 Å². The molecular weight excluding hydrogens is 511 g/mol. The van der Waals surface area contributed by atoms with Crippen molar-refractivity contribution in [1.29, 1.82) is 10.7 Å². The molecule has 0 saturated heterocycles. The molecule has 1 atom stereocenters. The number of halogens is 5. The van der Waals surface area contributed by atoms with Crippen LogP contribution >= 0.6 is 0 Å². The minimum atomic E-state index is -4.79. The second-order valence-electron chi connectivity index (χ2n) is 7.58. The zero-order chi connectivity index (χ0) is 28.0. The molecule has 1 unspecified atom stereocenters. The van der Waals surface area contributed by atoms with Crippen LogP contribution in [0.1, 0.15) is 42.0 Å². The maximum absolute atomic E-state index is 14.0. The van der Waals surface area contributed by atoms with Gasteiger partial charge in [0.15, 0.2) is 0 Å². The van der Waals surface area contributed by atoms with Crippen molar-refractivity contribution in [2.45, 2.75) is 25.4 Å². The number of hydrogen-bond donors (Lipinski definition) is 4. The maximum atomic E-state index is 14.0. The van der Waals surface area contributed by atoms with Crippen LogP contribution in [-0.4, -0.2) is 39.1 Å². The van der Waals surface area contributed by atoms with Gasteiger partial charge in [-0.05, 0) is 18.6 Å². The van der Waals surface area contributed by atoms with Crippen LogP contribution in [0.15, 0.2) is 45.7 Å². The number of hydrazone groups is 1. The van der Waals surface area contributed by atoms with Crippen molar-refractivity contribution >= 4 is 29.8 Å². The monoisotopic (exact) mass is 530 g/mol. The zero-order valence-corrected chi connectivity index (χ0v) is 19.6. The Hall–Kier alpha value is -5.00. The van der Waals surface area contributed by atoms with Gasteiger partial charge in [0.05, 0.1) is 23.2 Å². The van der Waals surface area contributed by atoms with Crippen molar-refractivity contribution in [2.24, 2.45) is 26.7 Å². The number of benzene rings is 1. The summed E-state index contributed by atoms with van der Waals surface area (Å²) in [5, 5.41) is 20.9. The van der Waals surface area contributed by atoms with E-state index in [0.717, 1.165) is 36.8 Å². The number of nitrogens with zero attached hydrogens (tertiary/aromatic N) is 6. The molecule has 0 bridgehead atoms. The number of aromatic amines is 1. The van der Waals surface area contributed by atoms with Gasteiger partial charge >= 0.3 is 6.18 Å². The van der Waals surface area contributed by atoms with E-state index >= 15 is 0 Å². The van der Waals surface area contributed by atoms with Crippen LogP contribution in [0.4, 0.5) is 27.6 Å². The Balaban J connectivity index is 2.19. The molecule has 10 nitrogen and oxygen atoms in total. The third-order valence-corrected chi connectivity index (χ3v) is 5.30. The molecule has 0 radical (unpaired) electrons. The molecule has 0 saturated carbocycles. The molecule has 0 amide bonds. The van der Waals surface area contributed by atoms with Gasteiger partial charge in [0.25, 0.3) is 0 Å². The number of amidine groups is 1. The fourth-order valence-electron chi connectivity index (χ4n) is 3.61. The lowest BCUT2D eigenvalue weighted by Crippen LogP contribution is -2.18. The molecular formula is C23H19F5N10. The van der Waals surface area contributed by atoms with E-state index in [1.807, 2.05) is 6.07 Å². The largest absolute Gasteiger partial charge is 0.451 e. The molecule has 1 aromatic carbocycles. The molecule has 15 heteroatoms. The summed E-state index contributed by atoms with van der Waals surface area (Å²) in [5.74, 6) is 1.61. The van der Waals surface area contributed by atoms with Crippen molar-refractivity contribution in [3.8, 4) is 17.2 Å². The molecule has 3 rings (SSSR count). The van der Waals surface area contributed by atoms with Crippen LogP contribution in [0.5, 0.6) is 0 Å². The number of rotatable bonds is 8. The lowest BCUT2D eigenvalue weighted by Gasteiger charge is -2.14. The van der Waals surface area contributed by atoms with E-state index in [-0.39, 0.29) is 51.7 Å². The summed E-state index contributed by atoms with van der Waals surface area (Å²) < 4.78 is 66.5. The lowest BCUT2D eigenvalue weighted by atomic mass is 9.92. The van der Waals surface area contributed by atoms with E-state index in [2.05, 4.69) is 30.0 Å². The fraction of sp³-hybridized carbons (Fsp3) is 0.174. The molecule has 0 aliphatic rings. The number of aromatic nitrogens is 3. The van der Waals surface area contributed by atoms with Crippen LogP contribution in [0, 0.1) is 28.4 Å². The number of H-pyrrole nitrogens is 1. The Bertz CT molecular complexity index is 1460. The Labute approximate surface area is 212 Å². The Morgan fingerprint density at radius 2 is 1.95 bits per heavy atom. The second kappa shape index (κ2) is 11.4. The molecule has 0 aliphatic carbocycles. The van der Waals surface area contributed by atoms with Crippen LogP contribution in [0.25, 0.3) is 11.1 Å². The van der Waals surface area contributed by atoms with Gasteiger partial charge in [0.2, 0.25) is 5.82 Å². The molecule has 2 heterocycles. The molecule has 38 heavy (non-hydrogen) atoms. The lowest BCUT2D eigenvalue weighted by molar-refractivity contribution is -0.144. The van der Waals surface area contributed by atoms with Gasteiger partial charge in [-0.2, -0.15) is 23.5 Å². The normalized spacial score (nSPS) is 13.5. The molecule has 0 aliphatic heterocycles. The number of aliphatic imine (C=N–C) groups is 2. The van der Waals surface area contributed by atoms with E-state index in [1.165, 1.54) is 0 Å². The van der Waals surface area contributed by atoms with Crippen molar-refractivity contribution in [1.82, 2.24) is 15.0 Å². The second-order valence-corrected chi connectivity index (χ2v) is 7.58. The van der Waals surface area contributed by atoms with Crippen LogP contribution in [0.3, 0.4) is 0 Å². The van der Waals surface area contributed by atoms with Crippen LogP contribution in [-0.2, 0) is 6.18 Å². The van der Waals surface area contributed by atoms with Gasteiger partial charge in [0.1, 0.15) is 35.6 Å². The summed E-state index contributed by atoms with van der Waals surface area (Å²) >= 11 is 0. The van der Waals surface area contributed by atoms with E-state index in [4.69, 9.17) is 17.0 Å². The van der Waals surface area contributed by atoms with Crippen LogP contribution in [0.2, 0.25) is 0 Å². The molecule has 2 aromatic heterocycles. The molecule has 0 spiro atoms. The predicted octanol–water partition coefficient (Wildman–Crippen LogP) is 4.16. The van der Waals surface area contributed by atoms with Gasteiger partial charge < -0.3 is 16.6 Å².